The summed E-state index contributed by atoms with van der Waals surface area (Å²) in [5.41, 5.74) is 2.51. The monoisotopic (exact) mass is 630 g/mol. The summed E-state index contributed by atoms with van der Waals surface area (Å²) in [4.78, 5) is 15.5. The molecule has 0 saturated heterocycles. The topological polar surface area (TPSA) is 57.7 Å². The number of carbonyl (C=O) groups excluding carboxylic acids is 1. The number of hydrogen-bond acceptors (Lipinski definition) is 3. The molecule has 0 aliphatic heterocycles. The molecule has 0 N–H and O–H groups in total. The van der Waals surface area contributed by atoms with Gasteiger partial charge in [0, 0.05) is 24.1 Å². The number of amides is 1. The number of rotatable bonds is 10. The molecule has 0 atom stereocenters. The lowest BCUT2D eigenvalue weighted by Gasteiger charge is -2.28. The van der Waals surface area contributed by atoms with E-state index in [1.54, 1.807) is 35.2 Å². The van der Waals surface area contributed by atoms with E-state index < -0.39 is 10.0 Å². The zero-order valence-corrected chi connectivity index (χ0v) is 24.2. The van der Waals surface area contributed by atoms with E-state index in [0.717, 1.165) is 15.6 Å². The van der Waals surface area contributed by atoms with Crippen LogP contribution in [-0.2, 0) is 34.5 Å². The van der Waals surface area contributed by atoms with Gasteiger partial charge in [-0.05, 0) is 53.1 Å². The molecule has 1 amide bonds. The van der Waals surface area contributed by atoms with Crippen LogP contribution in [0.15, 0.2) is 112 Å². The molecule has 0 saturated carbocycles. The van der Waals surface area contributed by atoms with Gasteiger partial charge in [0.1, 0.15) is 0 Å². The van der Waals surface area contributed by atoms with Crippen molar-refractivity contribution in [2.45, 2.75) is 24.5 Å². The van der Waals surface area contributed by atoms with Crippen LogP contribution in [-0.4, -0.2) is 30.1 Å². The first-order chi connectivity index (χ1) is 18.2. The molecule has 9 heteroatoms. The number of hydrogen-bond donors (Lipinski definition) is 0. The van der Waals surface area contributed by atoms with Crippen molar-refractivity contribution in [2.75, 3.05) is 6.54 Å². The van der Waals surface area contributed by atoms with Crippen LogP contribution in [0.1, 0.15) is 16.7 Å². The second-order valence-corrected chi connectivity index (χ2v) is 12.4. The van der Waals surface area contributed by atoms with Gasteiger partial charge in [0.2, 0.25) is 15.9 Å². The molecule has 4 aromatic rings. The second kappa shape index (κ2) is 12.9. The van der Waals surface area contributed by atoms with E-state index in [1.807, 2.05) is 60.7 Å². The molecule has 0 fully saturated rings. The molecule has 0 unspecified atom stereocenters. The molecule has 5 nitrogen and oxygen atoms in total. The van der Waals surface area contributed by atoms with E-state index in [-0.39, 0.29) is 23.9 Å². The quantitative estimate of drug-likeness (QED) is 0.186. The lowest BCUT2D eigenvalue weighted by atomic mass is 10.1. The second-order valence-electron chi connectivity index (χ2n) is 8.70. The predicted molar refractivity (Wildman–Crippen MR) is 155 cm³/mol. The number of carbonyl (C=O) groups is 1. The van der Waals surface area contributed by atoms with Gasteiger partial charge in [-0.15, -0.1) is 0 Å². The largest absolute Gasteiger partial charge is 0.333 e. The van der Waals surface area contributed by atoms with Crippen molar-refractivity contribution in [1.29, 1.82) is 0 Å². The van der Waals surface area contributed by atoms with Crippen LogP contribution in [0.4, 0.5) is 0 Å². The zero-order valence-electron chi connectivity index (χ0n) is 20.3. The Morgan fingerprint density at radius 2 is 1.24 bits per heavy atom. The number of halogens is 3. The molecule has 0 aliphatic carbocycles. The molecular weight excluding hydrogens is 607 g/mol. The maximum absolute atomic E-state index is 13.8. The fourth-order valence-corrected chi connectivity index (χ4v) is 5.88. The lowest BCUT2D eigenvalue weighted by molar-refractivity contribution is -0.132. The molecule has 0 radical (unpaired) electrons. The summed E-state index contributed by atoms with van der Waals surface area (Å²) in [7, 11) is -4.02. The summed E-state index contributed by atoms with van der Waals surface area (Å²) < 4.78 is 29.4. The van der Waals surface area contributed by atoms with E-state index in [0.29, 0.717) is 28.7 Å². The summed E-state index contributed by atoms with van der Waals surface area (Å²) >= 11 is 15.6. The van der Waals surface area contributed by atoms with Crippen LogP contribution in [0.3, 0.4) is 0 Å². The highest BCUT2D eigenvalue weighted by atomic mass is 79.9. The van der Waals surface area contributed by atoms with Crippen molar-refractivity contribution in [3.8, 4) is 0 Å². The highest BCUT2D eigenvalue weighted by Gasteiger charge is 2.29. The molecule has 38 heavy (non-hydrogen) atoms. The molecule has 0 spiro atoms. The van der Waals surface area contributed by atoms with Crippen molar-refractivity contribution >= 4 is 55.1 Å². The van der Waals surface area contributed by atoms with Crippen molar-refractivity contribution in [3.05, 3.63) is 134 Å². The molecule has 4 aromatic carbocycles. The average Bonchev–Trinajstić information content (AvgIpc) is 2.91. The summed E-state index contributed by atoms with van der Waals surface area (Å²) in [6.07, 6.45) is 0. The molecule has 0 aromatic heterocycles. The Balaban J connectivity index is 1.67. The van der Waals surface area contributed by atoms with E-state index in [4.69, 9.17) is 23.2 Å². The molecule has 4 rings (SSSR count). The van der Waals surface area contributed by atoms with Gasteiger partial charge in [0.25, 0.3) is 0 Å². The van der Waals surface area contributed by atoms with Crippen LogP contribution >= 0.6 is 39.1 Å². The first kappa shape index (κ1) is 28.3. The third-order valence-corrected chi connectivity index (χ3v) is 8.96. The first-order valence-electron chi connectivity index (χ1n) is 11.8. The van der Waals surface area contributed by atoms with Crippen molar-refractivity contribution in [1.82, 2.24) is 9.21 Å². The third kappa shape index (κ3) is 7.46. The molecular formula is C29H25BrCl2N2O3S. The van der Waals surface area contributed by atoms with Gasteiger partial charge in [-0.25, -0.2) is 8.42 Å². The SMILES string of the molecule is O=C(CN(Cc1ccc(Cl)c(Cl)c1)S(=O)(=O)c1ccc(Br)cc1)N(Cc1ccccc1)Cc1ccccc1. The standard InChI is InChI=1S/C29H25BrCl2N2O3S/c30-25-12-14-26(15-13-25)38(36,37)34(20-24-11-16-27(31)28(32)17-24)21-29(35)33(18-22-7-3-1-4-8-22)19-23-9-5-2-6-10-23/h1-17H,18-21H2. The Kier molecular flexibility index (Phi) is 9.63. The van der Waals surface area contributed by atoms with Crippen LogP contribution in [0.2, 0.25) is 10.0 Å². The Labute approximate surface area is 241 Å². The zero-order chi connectivity index (χ0) is 27.1. The Bertz CT molecular complexity index is 1440. The fraction of sp³-hybridized carbons (Fsp3) is 0.138. The maximum Gasteiger partial charge on any atom is 0.243 e. The van der Waals surface area contributed by atoms with Crippen LogP contribution in [0.25, 0.3) is 0 Å². The highest BCUT2D eigenvalue weighted by molar-refractivity contribution is 9.10. The van der Waals surface area contributed by atoms with E-state index in [1.165, 1.54) is 16.4 Å². The predicted octanol–water partition coefficient (Wildman–Crippen LogP) is 7.18. The van der Waals surface area contributed by atoms with Gasteiger partial charge >= 0.3 is 0 Å². The Hall–Kier alpha value is -2.68. The van der Waals surface area contributed by atoms with Crippen molar-refractivity contribution in [3.63, 3.8) is 0 Å². The van der Waals surface area contributed by atoms with Gasteiger partial charge in [-0.2, -0.15) is 4.31 Å². The Morgan fingerprint density at radius 3 is 1.76 bits per heavy atom. The normalized spacial score (nSPS) is 11.5. The summed E-state index contributed by atoms with van der Waals surface area (Å²) in [6, 6.07) is 30.5. The Morgan fingerprint density at radius 1 is 0.684 bits per heavy atom. The average molecular weight is 632 g/mol. The highest BCUT2D eigenvalue weighted by Crippen LogP contribution is 2.26. The maximum atomic E-state index is 13.8. The van der Waals surface area contributed by atoms with Gasteiger partial charge in [0.05, 0.1) is 21.5 Å². The molecule has 196 valence electrons. The third-order valence-electron chi connectivity index (χ3n) is 5.89. The van der Waals surface area contributed by atoms with Gasteiger partial charge in [0.15, 0.2) is 0 Å². The summed E-state index contributed by atoms with van der Waals surface area (Å²) in [5.74, 6) is -0.321. The first-order valence-corrected chi connectivity index (χ1v) is 14.8. The molecule has 0 bridgehead atoms. The minimum absolute atomic E-state index is 0.0501. The van der Waals surface area contributed by atoms with E-state index in [9.17, 15) is 13.2 Å². The van der Waals surface area contributed by atoms with E-state index in [2.05, 4.69) is 15.9 Å². The van der Waals surface area contributed by atoms with Gasteiger partial charge < -0.3 is 4.90 Å². The number of benzene rings is 4. The smallest absolute Gasteiger partial charge is 0.243 e. The van der Waals surface area contributed by atoms with Gasteiger partial charge in [-0.3, -0.25) is 4.79 Å². The van der Waals surface area contributed by atoms with Crippen LogP contribution < -0.4 is 0 Å². The van der Waals surface area contributed by atoms with Crippen molar-refractivity contribution < 1.29 is 13.2 Å². The fourth-order valence-electron chi connectivity index (χ4n) is 3.91. The van der Waals surface area contributed by atoms with Crippen LogP contribution in [0.5, 0.6) is 0 Å². The lowest BCUT2D eigenvalue weighted by Crippen LogP contribution is -2.42. The number of nitrogens with zero attached hydrogens (tertiary/aromatic N) is 2. The van der Waals surface area contributed by atoms with E-state index >= 15 is 0 Å². The van der Waals surface area contributed by atoms with Crippen molar-refractivity contribution in [2.24, 2.45) is 0 Å². The van der Waals surface area contributed by atoms with Crippen LogP contribution in [0, 0.1) is 0 Å². The summed E-state index contributed by atoms with van der Waals surface area (Å²) in [5, 5.41) is 0.678. The molecule has 0 heterocycles. The minimum atomic E-state index is -4.02. The molecule has 0 aliphatic rings. The number of sulfonamides is 1. The minimum Gasteiger partial charge on any atom is -0.333 e. The van der Waals surface area contributed by atoms with Gasteiger partial charge in [-0.1, -0.05) is 106 Å². The summed E-state index contributed by atoms with van der Waals surface area (Å²) in [6.45, 7) is 0.283.